The number of ether oxygens (including phenoxy) is 1. The fourth-order valence-corrected chi connectivity index (χ4v) is 4.75. The van der Waals surface area contributed by atoms with Crippen LogP contribution in [-0.2, 0) is 17.6 Å². The van der Waals surface area contributed by atoms with Gasteiger partial charge < -0.3 is 20.5 Å². The Morgan fingerprint density at radius 3 is 2.57 bits per heavy atom. The van der Waals surface area contributed by atoms with Gasteiger partial charge in [0.25, 0.3) is 0 Å². The van der Waals surface area contributed by atoms with Crippen molar-refractivity contribution < 1.29 is 19.0 Å². The van der Waals surface area contributed by atoms with Crippen molar-refractivity contribution in [2.45, 2.75) is 84.6 Å². The summed E-state index contributed by atoms with van der Waals surface area (Å²) in [6, 6.07) is 7.45. The van der Waals surface area contributed by atoms with Gasteiger partial charge in [0.05, 0.1) is 12.1 Å². The Balaban J connectivity index is 1.80. The highest BCUT2D eigenvalue weighted by atomic mass is 35.5. The van der Waals surface area contributed by atoms with Gasteiger partial charge in [0.15, 0.2) is 10.9 Å². The van der Waals surface area contributed by atoms with Crippen LogP contribution < -0.4 is 15.4 Å². The van der Waals surface area contributed by atoms with E-state index in [1.807, 2.05) is 19.9 Å². The first-order valence-electron chi connectivity index (χ1n) is 12.0. The van der Waals surface area contributed by atoms with Crippen LogP contribution in [0.2, 0.25) is 5.15 Å². The van der Waals surface area contributed by atoms with Gasteiger partial charge in [-0.1, -0.05) is 44.5 Å². The van der Waals surface area contributed by atoms with E-state index in [9.17, 15) is 14.3 Å². The van der Waals surface area contributed by atoms with Crippen LogP contribution in [0.4, 0.5) is 4.39 Å². The third kappa shape index (κ3) is 7.89. The summed E-state index contributed by atoms with van der Waals surface area (Å²) < 4.78 is 19.5. The van der Waals surface area contributed by atoms with Crippen molar-refractivity contribution in [3.8, 4) is 5.75 Å². The van der Waals surface area contributed by atoms with E-state index in [2.05, 4.69) is 36.4 Å². The van der Waals surface area contributed by atoms with Crippen molar-refractivity contribution in [3.63, 3.8) is 0 Å². The molecule has 0 saturated carbocycles. The number of amides is 1. The van der Waals surface area contributed by atoms with Crippen LogP contribution in [0.5, 0.6) is 5.75 Å². The quantitative estimate of drug-likeness (QED) is 0.450. The van der Waals surface area contributed by atoms with E-state index >= 15 is 0 Å². The van der Waals surface area contributed by atoms with Gasteiger partial charge in [-0.15, -0.1) is 0 Å². The summed E-state index contributed by atoms with van der Waals surface area (Å²) in [7, 11) is 0. The molecule has 192 valence electrons. The van der Waals surface area contributed by atoms with Gasteiger partial charge in [-0.3, -0.25) is 4.79 Å². The number of carbonyl (C=O) groups is 1. The summed E-state index contributed by atoms with van der Waals surface area (Å²) >= 11 is 6.55. The Bertz CT molecular complexity index is 1040. The lowest BCUT2D eigenvalue weighted by atomic mass is 9.87. The van der Waals surface area contributed by atoms with Crippen LogP contribution >= 0.6 is 11.6 Å². The predicted molar refractivity (Wildman–Crippen MR) is 136 cm³/mol. The number of nitrogens with one attached hydrogen (secondary N) is 2. The van der Waals surface area contributed by atoms with E-state index in [1.54, 1.807) is 12.1 Å². The Morgan fingerprint density at radius 2 is 1.97 bits per heavy atom. The summed E-state index contributed by atoms with van der Waals surface area (Å²) in [5, 5.41) is 17.7. The lowest BCUT2D eigenvalue weighted by Gasteiger charge is -2.39. The maximum atomic E-state index is 13.3. The van der Waals surface area contributed by atoms with Crippen molar-refractivity contribution in [2.24, 2.45) is 5.41 Å². The minimum absolute atomic E-state index is 0.0460. The highest BCUT2D eigenvalue weighted by Gasteiger charge is 2.36. The van der Waals surface area contributed by atoms with Crippen molar-refractivity contribution in [2.75, 3.05) is 6.54 Å². The van der Waals surface area contributed by atoms with E-state index in [0.717, 1.165) is 23.2 Å². The van der Waals surface area contributed by atoms with Crippen LogP contribution in [-0.4, -0.2) is 40.3 Å². The highest BCUT2D eigenvalue weighted by molar-refractivity contribution is 6.31. The van der Waals surface area contributed by atoms with Crippen LogP contribution in [0.1, 0.15) is 70.8 Å². The van der Waals surface area contributed by atoms with Gasteiger partial charge in [-0.25, -0.2) is 9.37 Å². The second-order valence-electron chi connectivity index (χ2n) is 11.3. The molecule has 0 radical (unpaired) electrons. The number of nitrogens with zero attached hydrogens (tertiary/aromatic N) is 1. The Labute approximate surface area is 212 Å². The number of fused-ring (bicyclic) bond motifs is 1. The molecule has 0 unspecified atom stereocenters. The molecule has 8 heteroatoms. The van der Waals surface area contributed by atoms with Crippen LogP contribution in [0.25, 0.3) is 0 Å². The normalized spacial score (nSPS) is 18.8. The van der Waals surface area contributed by atoms with Gasteiger partial charge in [-0.2, -0.15) is 0 Å². The van der Waals surface area contributed by atoms with Gasteiger partial charge in [0.1, 0.15) is 11.4 Å². The lowest BCUT2D eigenvalue weighted by Crippen LogP contribution is -2.49. The van der Waals surface area contributed by atoms with Gasteiger partial charge >= 0.3 is 0 Å². The largest absolute Gasteiger partial charge is 0.484 e. The number of aromatic nitrogens is 1. The van der Waals surface area contributed by atoms with Gasteiger partial charge in [0, 0.05) is 37.2 Å². The number of rotatable bonds is 8. The van der Waals surface area contributed by atoms with Crippen molar-refractivity contribution >= 4 is 17.5 Å². The summed E-state index contributed by atoms with van der Waals surface area (Å²) in [4.78, 5) is 16.4. The molecular weight excluding hydrogens is 469 g/mol. The molecule has 1 aromatic heterocycles. The maximum absolute atomic E-state index is 13.3. The number of hydrogen-bond acceptors (Lipinski definition) is 5. The van der Waals surface area contributed by atoms with Crippen LogP contribution in [0.15, 0.2) is 30.3 Å². The first-order valence-corrected chi connectivity index (χ1v) is 12.4. The molecule has 1 aromatic carbocycles. The molecule has 0 spiro atoms. The minimum atomic E-state index is -0.871. The number of halogens is 2. The van der Waals surface area contributed by atoms with Crippen molar-refractivity contribution in [1.29, 1.82) is 0 Å². The fourth-order valence-electron chi connectivity index (χ4n) is 4.49. The molecule has 2 aromatic rings. The molecule has 3 rings (SSSR count). The zero-order valence-electron chi connectivity index (χ0n) is 21.4. The Hall–Kier alpha value is -2.22. The SMILES string of the molecule is CC(=O)N[C@@H](Cc1ccc(F)cc1)[C@H](O)CN[C@H]1CC(C)(C)Oc2c1cc(CC(C)(C)C)nc2Cl. The first kappa shape index (κ1) is 27.4. The molecule has 35 heavy (non-hydrogen) atoms. The van der Waals surface area contributed by atoms with E-state index < -0.39 is 17.7 Å². The third-order valence-electron chi connectivity index (χ3n) is 5.97. The molecule has 0 bridgehead atoms. The zero-order chi connectivity index (χ0) is 26.0. The number of hydrogen-bond donors (Lipinski definition) is 3. The van der Waals surface area contributed by atoms with Gasteiger partial charge in [-0.05, 0) is 55.9 Å². The smallest absolute Gasteiger partial charge is 0.217 e. The molecule has 3 N–H and O–H groups in total. The summed E-state index contributed by atoms with van der Waals surface area (Å²) in [6.45, 7) is 12.1. The minimum Gasteiger partial charge on any atom is -0.484 e. The number of aliphatic hydroxyl groups is 1. The lowest BCUT2D eigenvalue weighted by molar-refractivity contribution is -0.120. The average molecular weight is 506 g/mol. The zero-order valence-corrected chi connectivity index (χ0v) is 22.2. The molecule has 0 fully saturated rings. The number of aliphatic hydroxyl groups excluding tert-OH is 1. The summed E-state index contributed by atoms with van der Waals surface area (Å²) in [5.74, 6) is 0.00231. The fraction of sp³-hybridized carbons (Fsp3) is 0.556. The van der Waals surface area contributed by atoms with E-state index in [4.69, 9.17) is 16.3 Å². The van der Waals surface area contributed by atoms with Crippen LogP contribution in [0.3, 0.4) is 0 Å². The monoisotopic (exact) mass is 505 g/mol. The molecule has 3 atom stereocenters. The maximum Gasteiger partial charge on any atom is 0.217 e. The molecule has 0 aliphatic carbocycles. The van der Waals surface area contributed by atoms with E-state index in [0.29, 0.717) is 23.7 Å². The Kier molecular flexibility index (Phi) is 8.45. The molecular formula is C27H37ClFN3O3. The second kappa shape index (κ2) is 10.8. The van der Waals surface area contributed by atoms with E-state index in [1.165, 1.54) is 19.1 Å². The second-order valence-corrected chi connectivity index (χ2v) is 11.6. The van der Waals surface area contributed by atoms with Crippen molar-refractivity contribution in [1.82, 2.24) is 15.6 Å². The average Bonchev–Trinajstić information content (AvgIpc) is 2.72. The van der Waals surface area contributed by atoms with Crippen LogP contribution in [0, 0.1) is 11.2 Å². The molecule has 1 amide bonds. The number of benzene rings is 1. The predicted octanol–water partition coefficient (Wildman–Crippen LogP) is 4.76. The molecule has 0 saturated heterocycles. The number of pyridine rings is 1. The van der Waals surface area contributed by atoms with Gasteiger partial charge in [0.2, 0.25) is 5.91 Å². The standard InChI is InChI=1S/C27H37ClFN3O3/c1-16(33)31-21(11-17-7-9-18(29)10-8-17)23(34)15-30-22-14-27(5,6)35-24-20(22)12-19(32-25(24)28)13-26(2,3)4/h7-10,12,21-23,30,34H,11,13-15H2,1-6H3,(H,31,33)/t21-,22-,23+/m0/s1. The highest BCUT2D eigenvalue weighted by Crippen LogP contribution is 2.43. The van der Waals surface area contributed by atoms with E-state index in [-0.39, 0.29) is 29.7 Å². The molecule has 1 aliphatic heterocycles. The Morgan fingerprint density at radius 1 is 1.31 bits per heavy atom. The molecule has 1 aliphatic rings. The first-order chi connectivity index (χ1) is 16.2. The summed E-state index contributed by atoms with van der Waals surface area (Å²) in [6.07, 6.45) is 0.945. The molecule has 2 heterocycles. The van der Waals surface area contributed by atoms with Crippen molar-refractivity contribution in [3.05, 3.63) is 58.1 Å². The number of carbonyl (C=O) groups excluding carboxylic acids is 1. The third-order valence-corrected chi connectivity index (χ3v) is 6.23. The summed E-state index contributed by atoms with van der Waals surface area (Å²) in [5.41, 5.74) is 2.21. The molecule has 6 nitrogen and oxygen atoms in total. The topological polar surface area (TPSA) is 83.5 Å².